The number of halogens is 2. The Labute approximate surface area is 172 Å². The highest BCUT2D eigenvalue weighted by molar-refractivity contribution is 5.35. The molecule has 0 radical (unpaired) electrons. The molecule has 1 heterocycles. The molecule has 1 saturated carbocycles. The summed E-state index contributed by atoms with van der Waals surface area (Å²) in [5.74, 6) is -0.729. The Balaban J connectivity index is 1.53. The first kappa shape index (κ1) is 20.5. The minimum Gasteiger partial charge on any atom is -0.342 e. The summed E-state index contributed by atoms with van der Waals surface area (Å²) in [5.41, 5.74) is 1.13. The average molecular weight is 401 g/mol. The van der Waals surface area contributed by atoms with E-state index in [0.29, 0.717) is 30.6 Å². The molecule has 156 valence electrons. The zero-order chi connectivity index (χ0) is 20.3. The van der Waals surface area contributed by atoms with Gasteiger partial charge in [0.2, 0.25) is 5.79 Å². The summed E-state index contributed by atoms with van der Waals surface area (Å²) < 4.78 is 40.6. The molecule has 1 aliphatic heterocycles. The van der Waals surface area contributed by atoms with E-state index >= 15 is 0 Å². The Morgan fingerprint density at radius 1 is 0.828 bits per heavy atom. The first-order chi connectivity index (χ1) is 14.1. The third-order valence-corrected chi connectivity index (χ3v) is 6.65. The van der Waals surface area contributed by atoms with Gasteiger partial charge in [-0.2, -0.15) is 0 Å². The van der Waals surface area contributed by atoms with Crippen molar-refractivity contribution in [1.29, 1.82) is 0 Å². The quantitative estimate of drug-likeness (QED) is 0.575. The highest BCUT2D eigenvalue weighted by Crippen LogP contribution is 2.43. The van der Waals surface area contributed by atoms with E-state index in [1.165, 1.54) is 50.7 Å². The zero-order valence-corrected chi connectivity index (χ0v) is 17.1. The molecule has 2 fully saturated rings. The van der Waals surface area contributed by atoms with Gasteiger partial charge in [0.25, 0.3) is 0 Å². The van der Waals surface area contributed by atoms with Crippen molar-refractivity contribution in [3.05, 3.63) is 71.3 Å². The van der Waals surface area contributed by atoms with Crippen LogP contribution in [0.1, 0.15) is 56.6 Å². The van der Waals surface area contributed by atoms with Gasteiger partial charge in [0.05, 0.1) is 13.2 Å². The van der Waals surface area contributed by atoms with E-state index in [0.717, 1.165) is 17.5 Å². The van der Waals surface area contributed by atoms with Crippen molar-refractivity contribution in [1.82, 2.24) is 0 Å². The molecule has 0 spiro atoms. The van der Waals surface area contributed by atoms with Gasteiger partial charge in [-0.25, -0.2) is 8.78 Å². The summed E-state index contributed by atoms with van der Waals surface area (Å²) in [5, 5.41) is 0. The van der Waals surface area contributed by atoms with Crippen LogP contribution in [-0.4, -0.2) is 13.2 Å². The molecule has 2 aromatic carbocycles. The van der Waals surface area contributed by atoms with Gasteiger partial charge in [-0.3, -0.25) is 0 Å². The van der Waals surface area contributed by atoms with Crippen LogP contribution in [0.15, 0.2) is 48.5 Å². The summed E-state index contributed by atoms with van der Waals surface area (Å²) in [6.07, 6.45) is 7.59. The van der Waals surface area contributed by atoms with Crippen molar-refractivity contribution in [3.63, 3.8) is 0 Å². The lowest BCUT2D eigenvalue weighted by Gasteiger charge is -2.44. The summed E-state index contributed by atoms with van der Waals surface area (Å²) >= 11 is 0. The van der Waals surface area contributed by atoms with Crippen LogP contribution in [0.25, 0.3) is 0 Å². The molecule has 4 heteroatoms. The van der Waals surface area contributed by atoms with Crippen LogP contribution in [0.5, 0.6) is 0 Å². The molecule has 0 amide bonds. The lowest BCUT2D eigenvalue weighted by atomic mass is 9.74. The number of hydrogen-bond acceptors (Lipinski definition) is 2. The van der Waals surface area contributed by atoms with Gasteiger partial charge in [-0.15, -0.1) is 0 Å². The maximum Gasteiger partial charge on any atom is 0.222 e. The van der Waals surface area contributed by atoms with Crippen molar-refractivity contribution >= 4 is 0 Å². The largest absolute Gasteiger partial charge is 0.342 e. The molecule has 2 aliphatic rings. The van der Waals surface area contributed by atoms with E-state index < -0.39 is 17.4 Å². The number of ether oxygens (including phenoxy) is 2. The monoisotopic (exact) mass is 400 g/mol. The van der Waals surface area contributed by atoms with Crippen molar-refractivity contribution in [3.8, 4) is 0 Å². The van der Waals surface area contributed by atoms with Crippen molar-refractivity contribution in [2.24, 2.45) is 17.8 Å². The van der Waals surface area contributed by atoms with Crippen LogP contribution >= 0.6 is 0 Å². The molecule has 1 saturated heterocycles. The predicted octanol–water partition coefficient (Wildman–Crippen LogP) is 6.44. The van der Waals surface area contributed by atoms with Crippen LogP contribution in [0.2, 0.25) is 0 Å². The minimum atomic E-state index is -1.26. The van der Waals surface area contributed by atoms with Crippen LogP contribution in [0.3, 0.4) is 0 Å². The molecule has 0 aromatic heterocycles. The Morgan fingerprint density at radius 3 is 2.03 bits per heavy atom. The highest BCUT2D eigenvalue weighted by atomic mass is 19.1. The van der Waals surface area contributed by atoms with Gasteiger partial charge in [-0.05, 0) is 36.8 Å². The second-order valence-corrected chi connectivity index (χ2v) is 8.59. The van der Waals surface area contributed by atoms with Gasteiger partial charge in [0.15, 0.2) is 0 Å². The van der Waals surface area contributed by atoms with Gasteiger partial charge in [0, 0.05) is 23.1 Å². The van der Waals surface area contributed by atoms with Crippen molar-refractivity contribution in [2.45, 2.75) is 51.2 Å². The van der Waals surface area contributed by atoms with E-state index in [2.05, 4.69) is 6.92 Å². The molecule has 0 unspecified atom stereocenters. The van der Waals surface area contributed by atoms with E-state index in [1.807, 2.05) is 30.3 Å². The standard InChI is InChI=1S/C25H30F2O2/c1-2-6-18-9-11-19(12-10-18)20-16-28-25(29-17-20,21-7-4-3-5-8-21)22-13-23(26)15-24(27)14-22/h3-5,7-8,13-15,18-20H,2,6,9-12,16-17H2,1H3. The summed E-state index contributed by atoms with van der Waals surface area (Å²) in [6, 6.07) is 13.0. The first-order valence-electron chi connectivity index (χ1n) is 10.9. The summed E-state index contributed by atoms with van der Waals surface area (Å²) in [6.45, 7) is 3.33. The molecule has 29 heavy (non-hydrogen) atoms. The van der Waals surface area contributed by atoms with Gasteiger partial charge >= 0.3 is 0 Å². The number of hydrogen-bond donors (Lipinski definition) is 0. The number of rotatable bonds is 5. The normalized spacial score (nSPS) is 30.2. The predicted molar refractivity (Wildman–Crippen MR) is 109 cm³/mol. The van der Waals surface area contributed by atoms with Crippen molar-refractivity contribution < 1.29 is 18.3 Å². The van der Waals surface area contributed by atoms with E-state index in [4.69, 9.17) is 9.47 Å². The maximum atomic E-state index is 14.0. The lowest BCUT2D eigenvalue weighted by Crippen LogP contribution is -2.45. The smallest absolute Gasteiger partial charge is 0.222 e. The van der Waals surface area contributed by atoms with Crippen LogP contribution in [-0.2, 0) is 15.3 Å². The van der Waals surface area contributed by atoms with Crippen LogP contribution < -0.4 is 0 Å². The number of benzene rings is 2. The van der Waals surface area contributed by atoms with Crippen LogP contribution in [0, 0.1) is 29.4 Å². The molecule has 1 aliphatic carbocycles. The zero-order valence-electron chi connectivity index (χ0n) is 17.1. The molecule has 0 atom stereocenters. The minimum absolute atomic E-state index is 0.327. The van der Waals surface area contributed by atoms with Gasteiger partial charge in [0.1, 0.15) is 11.6 Å². The summed E-state index contributed by atoms with van der Waals surface area (Å²) in [7, 11) is 0. The molecule has 2 nitrogen and oxygen atoms in total. The second kappa shape index (κ2) is 8.93. The fourth-order valence-electron chi connectivity index (χ4n) is 5.07. The Bertz CT molecular complexity index is 771. The average Bonchev–Trinajstić information content (AvgIpc) is 2.75. The molecule has 4 rings (SSSR count). The summed E-state index contributed by atoms with van der Waals surface area (Å²) in [4.78, 5) is 0. The van der Waals surface area contributed by atoms with E-state index in [-0.39, 0.29) is 0 Å². The van der Waals surface area contributed by atoms with Crippen LogP contribution in [0.4, 0.5) is 8.78 Å². The SMILES string of the molecule is CCCC1CCC(C2COC(c3ccccc3)(c3cc(F)cc(F)c3)OC2)CC1. The second-order valence-electron chi connectivity index (χ2n) is 8.59. The Morgan fingerprint density at radius 2 is 1.45 bits per heavy atom. The third kappa shape index (κ3) is 4.39. The lowest BCUT2D eigenvalue weighted by molar-refractivity contribution is -0.274. The molecule has 2 aromatic rings. The molecule has 0 bridgehead atoms. The van der Waals surface area contributed by atoms with Gasteiger partial charge in [-0.1, -0.05) is 62.9 Å². The Hall–Kier alpha value is -1.78. The van der Waals surface area contributed by atoms with E-state index in [9.17, 15) is 8.78 Å². The molecular formula is C25H30F2O2. The maximum absolute atomic E-state index is 14.0. The van der Waals surface area contributed by atoms with E-state index in [1.54, 1.807) is 0 Å². The Kier molecular flexibility index (Phi) is 6.31. The fourth-order valence-corrected chi connectivity index (χ4v) is 5.07. The first-order valence-corrected chi connectivity index (χ1v) is 10.9. The topological polar surface area (TPSA) is 18.5 Å². The molecular weight excluding hydrogens is 370 g/mol. The molecule has 0 N–H and O–H groups in total. The fraction of sp³-hybridized carbons (Fsp3) is 0.520. The third-order valence-electron chi connectivity index (χ3n) is 6.65. The van der Waals surface area contributed by atoms with Gasteiger partial charge < -0.3 is 9.47 Å². The highest BCUT2D eigenvalue weighted by Gasteiger charge is 2.43. The van der Waals surface area contributed by atoms with Crippen molar-refractivity contribution in [2.75, 3.05) is 13.2 Å².